The van der Waals surface area contributed by atoms with Crippen molar-refractivity contribution < 1.29 is 8.42 Å². The van der Waals surface area contributed by atoms with Crippen LogP contribution in [0, 0.1) is 0 Å². The van der Waals surface area contributed by atoms with Gasteiger partial charge in [-0.15, -0.1) is 0 Å². The first kappa shape index (κ1) is 14.0. The molecule has 0 atom stereocenters. The molecule has 1 aromatic heterocycles. The largest absolute Gasteiger partial charge is 0.316 e. The van der Waals surface area contributed by atoms with Crippen LogP contribution >= 0.6 is 0 Å². The normalized spacial score (nSPS) is 12.0. The summed E-state index contributed by atoms with van der Waals surface area (Å²) < 4.78 is 27.5. The van der Waals surface area contributed by atoms with Gasteiger partial charge in [0.1, 0.15) is 0 Å². The number of anilines is 1. The minimum Gasteiger partial charge on any atom is -0.316 e. The second kappa shape index (κ2) is 6.02. The highest BCUT2D eigenvalue weighted by atomic mass is 32.2. The average molecular weight is 260 g/mol. The van der Waals surface area contributed by atoms with E-state index in [9.17, 15) is 8.42 Å². The molecule has 0 aliphatic rings. The van der Waals surface area contributed by atoms with Crippen molar-refractivity contribution in [3.8, 4) is 0 Å². The van der Waals surface area contributed by atoms with E-state index < -0.39 is 10.0 Å². The van der Waals surface area contributed by atoms with E-state index >= 15 is 0 Å². The summed E-state index contributed by atoms with van der Waals surface area (Å²) in [4.78, 5) is 0. The molecule has 0 saturated heterocycles. The molecule has 2 N–H and O–H groups in total. The Hall–Kier alpha value is -1.08. The molecule has 1 rings (SSSR count). The summed E-state index contributed by atoms with van der Waals surface area (Å²) in [6.07, 6.45) is 3.21. The summed E-state index contributed by atoms with van der Waals surface area (Å²) in [5, 5.41) is 7.04. The van der Waals surface area contributed by atoms with Gasteiger partial charge in [0.15, 0.2) is 0 Å². The van der Waals surface area contributed by atoms with Gasteiger partial charge in [0.2, 0.25) is 10.0 Å². The van der Waals surface area contributed by atoms with Crippen molar-refractivity contribution in [3.63, 3.8) is 0 Å². The fourth-order valence-electron chi connectivity index (χ4n) is 1.29. The SMILES string of the molecule is CCNCCS(=O)(=O)Nc1cnn(C(C)C)c1. The summed E-state index contributed by atoms with van der Waals surface area (Å²) in [5.41, 5.74) is 0.509. The number of aromatic nitrogens is 2. The predicted molar refractivity (Wildman–Crippen MR) is 68.6 cm³/mol. The standard InChI is InChI=1S/C10H20N4O2S/c1-4-11-5-6-17(15,16)13-10-7-12-14(8-10)9(2)3/h7-9,11,13H,4-6H2,1-3H3. The second-order valence-corrected chi connectivity index (χ2v) is 5.92. The van der Waals surface area contributed by atoms with Gasteiger partial charge < -0.3 is 5.32 Å². The molecule has 7 heteroatoms. The Morgan fingerprint density at radius 3 is 2.71 bits per heavy atom. The Bertz CT molecular complexity index is 439. The Morgan fingerprint density at radius 2 is 2.18 bits per heavy atom. The smallest absolute Gasteiger partial charge is 0.234 e. The van der Waals surface area contributed by atoms with E-state index in [1.54, 1.807) is 10.9 Å². The van der Waals surface area contributed by atoms with E-state index in [0.29, 0.717) is 12.2 Å². The maximum absolute atomic E-state index is 11.7. The van der Waals surface area contributed by atoms with Gasteiger partial charge in [-0.25, -0.2) is 8.42 Å². The van der Waals surface area contributed by atoms with Crippen LogP contribution in [0.5, 0.6) is 0 Å². The lowest BCUT2D eigenvalue weighted by atomic mass is 10.4. The first-order valence-corrected chi connectivity index (χ1v) is 7.35. The molecule has 1 aromatic rings. The van der Waals surface area contributed by atoms with Crippen LogP contribution in [0.4, 0.5) is 5.69 Å². The molecule has 17 heavy (non-hydrogen) atoms. The molecule has 0 spiro atoms. The van der Waals surface area contributed by atoms with Crippen LogP contribution in [0.3, 0.4) is 0 Å². The topological polar surface area (TPSA) is 76.0 Å². The monoisotopic (exact) mass is 260 g/mol. The number of sulfonamides is 1. The average Bonchev–Trinajstić information content (AvgIpc) is 2.65. The highest BCUT2D eigenvalue weighted by Crippen LogP contribution is 2.11. The van der Waals surface area contributed by atoms with Crippen molar-refractivity contribution in [3.05, 3.63) is 12.4 Å². The van der Waals surface area contributed by atoms with Crippen molar-refractivity contribution in [2.45, 2.75) is 26.8 Å². The molecule has 0 saturated carbocycles. The van der Waals surface area contributed by atoms with Crippen molar-refractivity contribution in [2.24, 2.45) is 0 Å². The van der Waals surface area contributed by atoms with E-state index in [0.717, 1.165) is 6.54 Å². The molecule has 0 aliphatic carbocycles. The Morgan fingerprint density at radius 1 is 1.47 bits per heavy atom. The van der Waals surface area contributed by atoms with E-state index in [-0.39, 0.29) is 11.8 Å². The third kappa shape index (κ3) is 4.74. The summed E-state index contributed by atoms with van der Waals surface area (Å²) in [6.45, 7) is 7.12. The van der Waals surface area contributed by atoms with Gasteiger partial charge in [0, 0.05) is 18.8 Å². The van der Waals surface area contributed by atoms with Crippen LogP contribution in [0.15, 0.2) is 12.4 Å². The number of nitrogens with zero attached hydrogens (tertiary/aromatic N) is 2. The lowest BCUT2D eigenvalue weighted by Crippen LogP contribution is -2.26. The highest BCUT2D eigenvalue weighted by molar-refractivity contribution is 7.92. The Kier molecular flexibility index (Phi) is 4.95. The van der Waals surface area contributed by atoms with E-state index in [1.165, 1.54) is 6.20 Å². The molecule has 0 aliphatic heterocycles. The minimum absolute atomic E-state index is 0.0632. The van der Waals surface area contributed by atoms with Gasteiger partial charge in [0.05, 0.1) is 17.6 Å². The lowest BCUT2D eigenvalue weighted by Gasteiger charge is -2.06. The molecule has 98 valence electrons. The van der Waals surface area contributed by atoms with E-state index in [2.05, 4.69) is 15.1 Å². The summed E-state index contributed by atoms with van der Waals surface area (Å²) in [5.74, 6) is 0.0632. The molecule has 0 radical (unpaired) electrons. The first-order valence-electron chi connectivity index (χ1n) is 5.70. The molecule has 1 heterocycles. The number of hydrogen-bond acceptors (Lipinski definition) is 4. The molecule has 0 fully saturated rings. The summed E-state index contributed by atoms with van der Waals surface area (Å²) in [7, 11) is -3.29. The van der Waals surface area contributed by atoms with Gasteiger partial charge in [-0.2, -0.15) is 5.10 Å². The first-order chi connectivity index (χ1) is 7.94. The molecule has 0 unspecified atom stereocenters. The van der Waals surface area contributed by atoms with E-state index in [1.807, 2.05) is 20.8 Å². The second-order valence-electron chi connectivity index (χ2n) is 4.08. The quantitative estimate of drug-likeness (QED) is 0.712. The van der Waals surface area contributed by atoms with Gasteiger partial charge in [-0.3, -0.25) is 9.40 Å². The zero-order valence-electron chi connectivity index (χ0n) is 10.5. The molecule has 6 nitrogen and oxygen atoms in total. The van der Waals surface area contributed by atoms with Crippen molar-refractivity contribution in [1.82, 2.24) is 15.1 Å². The molecule has 0 amide bonds. The van der Waals surface area contributed by atoms with Crippen molar-refractivity contribution in [1.29, 1.82) is 0 Å². The molecular weight excluding hydrogens is 240 g/mol. The summed E-state index contributed by atoms with van der Waals surface area (Å²) in [6, 6.07) is 0.218. The number of nitrogens with one attached hydrogen (secondary N) is 2. The zero-order valence-corrected chi connectivity index (χ0v) is 11.3. The van der Waals surface area contributed by atoms with Gasteiger partial charge in [-0.05, 0) is 20.4 Å². The van der Waals surface area contributed by atoms with Crippen LogP contribution in [-0.4, -0.2) is 37.0 Å². The third-order valence-electron chi connectivity index (χ3n) is 2.20. The van der Waals surface area contributed by atoms with Crippen LogP contribution in [0.1, 0.15) is 26.8 Å². The molecule has 0 aromatic carbocycles. The minimum atomic E-state index is -3.29. The van der Waals surface area contributed by atoms with E-state index in [4.69, 9.17) is 0 Å². The fraction of sp³-hybridized carbons (Fsp3) is 0.700. The van der Waals surface area contributed by atoms with Crippen molar-refractivity contribution >= 4 is 15.7 Å². The molecular formula is C10H20N4O2S. The third-order valence-corrected chi connectivity index (χ3v) is 3.49. The molecule has 0 bridgehead atoms. The highest BCUT2D eigenvalue weighted by Gasteiger charge is 2.11. The Labute approximate surface area is 102 Å². The summed E-state index contributed by atoms with van der Waals surface area (Å²) >= 11 is 0. The maximum atomic E-state index is 11.7. The van der Waals surface area contributed by atoms with Crippen molar-refractivity contribution in [2.75, 3.05) is 23.6 Å². The van der Waals surface area contributed by atoms with Crippen LogP contribution in [-0.2, 0) is 10.0 Å². The predicted octanol–water partition coefficient (Wildman–Crippen LogP) is 0.815. The fourth-order valence-corrected chi connectivity index (χ4v) is 2.27. The van der Waals surface area contributed by atoms with Crippen LogP contribution < -0.4 is 10.0 Å². The van der Waals surface area contributed by atoms with Gasteiger partial charge in [-0.1, -0.05) is 6.92 Å². The zero-order chi connectivity index (χ0) is 12.9. The number of rotatable bonds is 7. The van der Waals surface area contributed by atoms with Gasteiger partial charge in [0.25, 0.3) is 0 Å². The maximum Gasteiger partial charge on any atom is 0.234 e. The number of hydrogen-bond donors (Lipinski definition) is 2. The van der Waals surface area contributed by atoms with Crippen LogP contribution in [0.25, 0.3) is 0 Å². The van der Waals surface area contributed by atoms with Crippen LogP contribution in [0.2, 0.25) is 0 Å². The lowest BCUT2D eigenvalue weighted by molar-refractivity contribution is 0.532. The Balaban J connectivity index is 2.57. The van der Waals surface area contributed by atoms with Gasteiger partial charge >= 0.3 is 0 Å².